The van der Waals surface area contributed by atoms with Crippen LogP contribution in [0.4, 0.5) is 0 Å². The lowest BCUT2D eigenvalue weighted by Crippen LogP contribution is -1.88. The molecule has 26 heavy (non-hydrogen) atoms. The number of fused-ring (bicyclic) bond motifs is 1. The van der Waals surface area contributed by atoms with Crippen LogP contribution in [0.3, 0.4) is 0 Å². The summed E-state index contributed by atoms with van der Waals surface area (Å²) in [7, 11) is 0. The number of aliphatic hydroxyl groups is 1. The summed E-state index contributed by atoms with van der Waals surface area (Å²) >= 11 is 0. The van der Waals surface area contributed by atoms with E-state index in [2.05, 4.69) is 43.3 Å². The maximum atomic E-state index is 9.58. The molecule has 0 spiro atoms. The van der Waals surface area contributed by atoms with Gasteiger partial charge in [-0.15, -0.1) is 0 Å². The van der Waals surface area contributed by atoms with Crippen molar-refractivity contribution in [2.45, 2.75) is 13.5 Å². The van der Waals surface area contributed by atoms with Gasteiger partial charge in [0.1, 0.15) is 5.58 Å². The summed E-state index contributed by atoms with van der Waals surface area (Å²) in [4.78, 5) is 0. The quantitative estimate of drug-likeness (QED) is 0.541. The van der Waals surface area contributed by atoms with Gasteiger partial charge in [-0.3, -0.25) is 0 Å². The van der Waals surface area contributed by atoms with Crippen LogP contribution >= 0.6 is 0 Å². The number of aliphatic hydroxyl groups excluding tert-OH is 1. The molecule has 3 nitrogen and oxygen atoms in total. The van der Waals surface area contributed by atoms with Gasteiger partial charge in [0.15, 0.2) is 0 Å². The fraction of sp³-hybridized carbons (Fsp3) is 0.0870. The third-order valence-corrected chi connectivity index (χ3v) is 4.65. The SMILES string of the molecule is Cc1ccc(-c2cc3occ(CO)c3cc2-c2ccc(C#N)cc2)cc1. The van der Waals surface area contributed by atoms with E-state index in [0.29, 0.717) is 5.56 Å². The van der Waals surface area contributed by atoms with Gasteiger partial charge in [-0.25, -0.2) is 0 Å². The maximum absolute atomic E-state index is 9.58. The van der Waals surface area contributed by atoms with Crippen molar-refractivity contribution in [2.75, 3.05) is 0 Å². The summed E-state index contributed by atoms with van der Waals surface area (Å²) in [6.45, 7) is 2.00. The number of hydrogen-bond acceptors (Lipinski definition) is 3. The smallest absolute Gasteiger partial charge is 0.134 e. The van der Waals surface area contributed by atoms with Crippen LogP contribution in [0.1, 0.15) is 16.7 Å². The van der Waals surface area contributed by atoms with Crippen LogP contribution in [0.15, 0.2) is 71.3 Å². The molecule has 1 N–H and O–H groups in total. The minimum Gasteiger partial charge on any atom is -0.464 e. The Morgan fingerprint density at radius 1 is 0.923 bits per heavy atom. The van der Waals surface area contributed by atoms with Crippen LogP contribution in [-0.2, 0) is 6.61 Å². The Bertz CT molecular complexity index is 1110. The van der Waals surface area contributed by atoms with Gasteiger partial charge in [0.05, 0.1) is 24.5 Å². The largest absolute Gasteiger partial charge is 0.464 e. The normalized spacial score (nSPS) is 10.8. The van der Waals surface area contributed by atoms with E-state index in [-0.39, 0.29) is 6.61 Å². The highest BCUT2D eigenvalue weighted by atomic mass is 16.3. The summed E-state index contributed by atoms with van der Waals surface area (Å²) < 4.78 is 5.65. The fourth-order valence-electron chi connectivity index (χ4n) is 3.18. The van der Waals surface area contributed by atoms with E-state index in [1.54, 1.807) is 6.26 Å². The number of hydrogen-bond donors (Lipinski definition) is 1. The predicted octanol–water partition coefficient (Wildman–Crippen LogP) is 5.44. The summed E-state index contributed by atoms with van der Waals surface area (Å²) in [5.74, 6) is 0. The van der Waals surface area contributed by atoms with Gasteiger partial charge in [-0.05, 0) is 53.4 Å². The molecule has 0 fully saturated rings. The first-order valence-electron chi connectivity index (χ1n) is 8.42. The van der Waals surface area contributed by atoms with Crippen LogP contribution in [-0.4, -0.2) is 5.11 Å². The predicted molar refractivity (Wildman–Crippen MR) is 102 cm³/mol. The Morgan fingerprint density at radius 2 is 1.54 bits per heavy atom. The van der Waals surface area contributed by atoms with Crippen LogP contribution < -0.4 is 0 Å². The zero-order valence-corrected chi connectivity index (χ0v) is 14.4. The Hall–Kier alpha value is -3.35. The van der Waals surface area contributed by atoms with Crippen molar-refractivity contribution in [3.63, 3.8) is 0 Å². The van der Waals surface area contributed by atoms with E-state index >= 15 is 0 Å². The highest BCUT2D eigenvalue weighted by Crippen LogP contribution is 2.37. The van der Waals surface area contributed by atoms with Gasteiger partial charge in [0.25, 0.3) is 0 Å². The molecule has 3 heteroatoms. The Kier molecular flexibility index (Phi) is 4.04. The van der Waals surface area contributed by atoms with E-state index in [1.165, 1.54) is 5.56 Å². The topological polar surface area (TPSA) is 57.2 Å². The first kappa shape index (κ1) is 16.1. The van der Waals surface area contributed by atoms with Gasteiger partial charge in [-0.1, -0.05) is 42.0 Å². The van der Waals surface area contributed by atoms with Crippen molar-refractivity contribution in [1.29, 1.82) is 5.26 Å². The first-order valence-corrected chi connectivity index (χ1v) is 8.42. The molecule has 1 heterocycles. The fourth-order valence-corrected chi connectivity index (χ4v) is 3.18. The van der Waals surface area contributed by atoms with Crippen molar-refractivity contribution in [1.82, 2.24) is 0 Å². The van der Waals surface area contributed by atoms with E-state index in [0.717, 1.165) is 38.8 Å². The summed E-state index contributed by atoms with van der Waals surface area (Å²) in [5.41, 5.74) is 7.57. The van der Waals surface area contributed by atoms with Crippen molar-refractivity contribution in [2.24, 2.45) is 0 Å². The second-order valence-corrected chi connectivity index (χ2v) is 6.37. The van der Waals surface area contributed by atoms with Gasteiger partial charge >= 0.3 is 0 Å². The zero-order chi connectivity index (χ0) is 18.1. The molecule has 0 aliphatic rings. The number of furan rings is 1. The molecule has 4 rings (SSSR count). The van der Waals surface area contributed by atoms with E-state index in [4.69, 9.17) is 9.68 Å². The molecular formula is C23H17NO2. The van der Waals surface area contributed by atoms with Crippen LogP contribution in [0.25, 0.3) is 33.2 Å². The Balaban J connectivity index is 1.98. The number of benzene rings is 3. The monoisotopic (exact) mass is 339 g/mol. The molecule has 0 radical (unpaired) electrons. The second kappa shape index (κ2) is 6.51. The Labute approximate surface area is 151 Å². The second-order valence-electron chi connectivity index (χ2n) is 6.37. The molecule has 0 atom stereocenters. The number of nitrogens with zero attached hydrogens (tertiary/aromatic N) is 1. The lowest BCUT2D eigenvalue weighted by Gasteiger charge is -2.12. The molecule has 0 aliphatic carbocycles. The zero-order valence-electron chi connectivity index (χ0n) is 14.4. The Morgan fingerprint density at radius 3 is 2.15 bits per heavy atom. The van der Waals surface area contributed by atoms with Gasteiger partial charge < -0.3 is 9.52 Å². The third kappa shape index (κ3) is 2.77. The van der Waals surface area contributed by atoms with Gasteiger partial charge in [0, 0.05) is 10.9 Å². The molecule has 0 amide bonds. The first-order chi connectivity index (χ1) is 12.7. The molecule has 1 aromatic heterocycles. The molecule has 0 unspecified atom stereocenters. The molecule has 0 saturated carbocycles. The summed E-state index contributed by atoms with van der Waals surface area (Å²) in [6.07, 6.45) is 1.60. The molecule has 0 aliphatic heterocycles. The molecule has 0 bridgehead atoms. The molecule has 3 aromatic carbocycles. The van der Waals surface area contributed by atoms with Crippen molar-refractivity contribution in [3.05, 3.63) is 83.6 Å². The van der Waals surface area contributed by atoms with Gasteiger partial charge in [0.2, 0.25) is 0 Å². The standard InChI is InChI=1S/C23H17NO2/c1-15-2-6-17(7-3-15)21-11-23-22(19(13-25)14-26-23)10-20(21)18-8-4-16(12-24)5-9-18/h2-11,14,25H,13H2,1H3. The van der Waals surface area contributed by atoms with E-state index in [9.17, 15) is 5.11 Å². The maximum Gasteiger partial charge on any atom is 0.134 e. The number of nitriles is 1. The van der Waals surface area contributed by atoms with Gasteiger partial charge in [-0.2, -0.15) is 5.26 Å². The molecule has 126 valence electrons. The van der Waals surface area contributed by atoms with Crippen molar-refractivity contribution < 1.29 is 9.52 Å². The lowest BCUT2D eigenvalue weighted by molar-refractivity contribution is 0.282. The minimum atomic E-state index is -0.0658. The summed E-state index contributed by atoms with van der Waals surface area (Å²) in [5, 5.41) is 19.5. The lowest BCUT2D eigenvalue weighted by atomic mass is 9.92. The average molecular weight is 339 g/mol. The van der Waals surface area contributed by atoms with Crippen LogP contribution in [0, 0.1) is 18.3 Å². The molecular weight excluding hydrogens is 322 g/mol. The molecule has 4 aromatic rings. The highest BCUT2D eigenvalue weighted by molar-refractivity contribution is 5.95. The highest BCUT2D eigenvalue weighted by Gasteiger charge is 2.14. The van der Waals surface area contributed by atoms with Crippen molar-refractivity contribution in [3.8, 4) is 28.3 Å². The number of rotatable bonds is 3. The van der Waals surface area contributed by atoms with E-state index in [1.807, 2.05) is 30.3 Å². The molecule has 0 saturated heterocycles. The number of aryl methyl sites for hydroxylation is 1. The van der Waals surface area contributed by atoms with Crippen LogP contribution in [0.5, 0.6) is 0 Å². The average Bonchev–Trinajstić information content (AvgIpc) is 3.10. The van der Waals surface area contributed by atoms with Crippen molar-refractivity contribution >= 4 is 11.0 Å². The minimum absolute atomic E-state index is 0.0658. The third-order valence-electron chi connectivity index (χ3n) is 4.65. The summed E-state index contributed by atoms with van der Waals surface area (Å²) in [6, 6.07) is 22.1. The van der Waals surface area contributed by atoms with Crippen LogP contribution in [0.2, 0.25) is 0 Å². The van der Waals surface area contributed by atoms with E-state index < -0.39 is 0 Å².